The number of carbonyl (C=O) groups excluding carboxylic acids is 2. The number of nitrogens with one attached hydrogen (secondary N) is 3. The van der Waals surface area contributed by atoms with Crippen LogP contribution in [0.1, 0.15) is 36.6 Å². The van der Waals surface area contributed by atoms with Gasteiger partial charge in [0.1, 0.15) is 19.0 Å². The number of aliphatic hydroxyl groups is 1. The first-order chi connectivity index (χ1) is 22.1. The summed E-state index contributed by atoms with van der Waals surface area (Å²) in [5, 5.41) is 30.8. The molecule has 14 nitrogen and oxygen atoms in total. The van der Waals surface area contributed by atoms with Crippen LogP contribution in [-0.2, 0) is 16.1 Å². The summed E-state index contributed by atoms with van der Waals surface area (Å²) in [5.74, 6) is 0.637. The van der Waals surface area contributed by atoms with Crippen LogP contribution in [-0.4, -0.2) is 54.8 Å². The van der Waals surface area contributed by atoms with Gasteiger partial charge in [0.15, 0.2) is 17.7 Å². The lowest BCUT2D eigenvalue weighted by Gasteiger charge is -2.28. The van der Waals surface area contributed by atoms with E-state index in [9.17, 15) is 24.8 Å². The molecule has 3 aromatic carbocycles. The molecule has 0 fully saturated rings. The van der Waals surface area contributed by atoms with Gasteiger partial charge < -0.3 is 34.7 Å². The maximum Gasteiger partial charge on any atom is 0.337 e. The number of nitro groups is 1. The molecule has 0 saturated carbocycles. The number of rotatable bonds is 14. The fourth-order valence-corrected chi connectivity index (χ4v) is 4.97. The molecule has 1 aliphatic rings. The Balaban J connectivity index is 1.34. The van der Waals surface area contributed by atoms with E-state index in [0.717, 1.165) is 0 Å². The highest BCUT2D eigenvalue weighted by Gasteiger charge is 2.32. The Kier molecular flexibility index (Phi) is 11.5. The molecule has 0 spiro atoms. The van der Waals surface area contributed by atoms with Gasteiger partial charge >= 0.3 is 12.0 Å². The van der Waals surface area contributed by atoms with Gasteiger partial charge in [-0.25, -0.2) is 9.59 Å². The number of hydrogen-bond acceptors (Lipinski definition) is 11. The van der Waals surface area contributed by atoms with Gasteiger partial charge in [-0.15, -0.1) is 0 Å². The highest BCUT2D eigenvalue weighted by Crippen LogP contribution is 2.35. The molecule has 0 aromatic heterocycles. The molecule has 0 aliphatic carbocycles. The number of allylic oxidation sites excluding steroid dienone is 1. The van der Waals surface area contributed by atoms with E-state index in [0.29, 0.717) is 50.7 Å². The predicted molar refractivity (Wildman–Crippen MR) is 171 cm³/mol. The minimum Gasteiger partial charge on any atom is -0.490 e. The van der Waals surface area contributed by atoms with Crippen LogP contribution in [0.2, 0.25) is 0 Å². The van der Waals surface area contributed by atoms with Crippen LogP contribution in [0.5, 0.6) is 17.2 Å². The zero-order valence-corrected chi connectivity index (χ0v) is 26.7. The molecular weight excluding hydrogens is 666 g/mol. The number of nitrogens with zero attached hydrogens (tertiary/aromatic N) is 2. The molecule has 4 rings (SSSR count). The molecule has 3 aromatic rings. The average Bonchev–Trinajstić information content (AvgIpc) is 3.03. The quantitative estimate of drug-likeness (QED) is 0.0617. The molecule has 2 atom stereocenters. The number of methoxy groups -OCH3 is 1. The topological polar surface area (TPSA) is 183 Å². The number of halogens is 1. The Morgan fingerprint density at radius 1 is 1.13 bits per heavy atom. The smallest absolute Gasteiger partial charge is 0.337 e. The molecule has 15 heteroatoms. The van der Waals surface area contributed by atoms with Crippen molar-refractivity contribution in [3.05, 3.63) is 103 Å². The van der Waals surface area contributed by atoms with E-state index in [2.05, 4.69) is 37.1 Å². The third kappa shape index (κ3) is 8.73. The van der Waals surface area contributed by atoms with E-state index >= 15 is 0 Å². The number of urea groups is 1. The van der Waals surface area contributed by atoms with Crippen molar-refractivity contribution in [1.82, 2.24) is 16.1 Å². The molecule has 2 amide bonds. The highest BCUT2D eigenvalue weighted by atomic mass is 79.9. The summed E-state index contributed by atoms with van der Waals surface area (Å²) in [6, 6.07) is 15.2. The summed E-state index contributed by atoms with van der Waals surface area (Å²) in [6.07, 6.45) is 0.326. The van der Waals surface area contributed by atoms with Crippen molar-refractivity contribution in [2.45, 2.75) is 32.7 Å². The number of nitro benzene ring substituents is 1. The monoisotopic (exact) mass is 697 g/mol. The second-order valence-electron chi connectivity index (χ2n) is 9.82. The van der Waals surface area contributed by atoms with E-state index in [4.69, 9.17) is 18.9 Å². The number of carbonyl (C=O) groups is 2. The number of aliphatic hydroxyl groups excluding tert-OH is 1. The molecule has 4 N–H and O–H groups in total. The lowest BCUT2D eigenvalue weighted by atomic mass is 9.95. The molecule has 0 saturated heterocycles. The predicted octanol–water partition coefficient (Wildman–Crippen LogP) is 4.46. The van der Waals surface area contributed by atoms with Crippen molar-refractivity contribution in [3.63, 3.8) is 0 Å². The third-order valence-corrected chi connectivity index (χ3v) is 7.20. The molecular formula is C31H32BrN5O9. The van der Waals surface area contributed by atoms with Gasteiger partial charge in [-0.1, -0.05) is 18.2 Å². The normalized spacial score (nSPS) is 15.1. The molecule has 46 heavy (non-hydrogen) atoms. The summed E-state index contributed by atoms with van der Waals surface area (Å²) < 4.78 is 22.8. The maximum absolute atomic E-state index is 12.4. The number of hydrazone groups is 1. The first-order valence-corrected chi connectivity index (χ1v) is 14.8. The first kappa shape index (κ1) is 33.7. The van der Waals surface area contributed by atoms with E-state index in [1.54, 1.807) is 62.4 Å². The van der Waals surface area contributed by atoms with E-state index in [-0.39, 0.29) is 24.5 Å². The van der Waals surface area contributed by atoms with Crippen LogP contribution >= 0.6 is 15.9 Å². The van der Waals surface area contributed by atoms with E-state index < -0.39 is 29.2 Å². The Bertz CT molecular complexity index is 1660. The zero-order valence-electron chi connectivity index (χ0n) is 25.1. The zero-order chi connectivity index (χ0) is 33.2. The highest BCUT2D eigenvalue weighted by molar-refractivity contribution is 9.10. The maximum atomic E-state index is 12.4. The van der Waals surface area contributed by atoms with Crippen LogP contribution in [0.4, 0.5) is 10.5 Å². The Morgan fingerprint density at radius 3 is 2.63 bits per heavy atom. The fourth-order valence-electron chi connectivity index (χ4n) is 4.46. The number of non-ortho nitro benzene ring substituents is 1. The van der Waals surface area contributed by atoms with Gasteiger partial charge in [-0.05, 0) is 76.8 Å². The van der Waals surface area contributed by atoms with Gasteiger partial charge in [0.2, 0.25) is 0 Å². The Morgan fingerprint density at radius 2 is 1.91 bits per heavy atom. The van der Waals surface area contributed by atoms with Crippen molar-refractivity contribution in [2.24, 2.45) is 5.10 Å². The van der Waals surface area contributed by atoms with Crippen LogP contribution in [0.15, 0.2) is 81.5 Å². The summed E-state index contributed by atoms with van der Waals surface area (Å²) >= 11 is 3.45. The van der Waals surface area contributed by atoms with Crippen molar-refractivity contribution < 1.29 is 38.6 Å². The summed E-state index contributed by atoms with van der Waals surface area (Å²) in [7, 11) is 1.26. The minimum absolute atomic E-state index is 0.00774. The summed E-state index contributed by atoms with van der Waals surface area (Å²) in [5.41, 5.74) is 5.14. The lowest BCUT2D eigenvalue weighted by Crippen LogP contribution is -2.45. The second-order valence-corrected chi connectivity index (χ2v) is 10.7. The standard InChI is InChI=1S/C31H32BrN5O9/c1-4-44-26-14-21(29-28(30(39)43-3)18(2)34-31(40)35-29)9-11-25(26)46-17-27(38)36-33-15-19-8-10-24(23(32)13-19)45-16-20-6-5-7-22(12-20)37(41)42/h5-15,27,29,36,38H,4,16-17H2,1-3H3,(H2,34,35,40)/b33-15-/t27-,29+/m0/s1. The minimum atomic E-state index is -1.17. The molecule has 0 unspecified atom stereocenters. The van der Waals surface area contributed by atoms with Gasteiger partial charge in [0.25, 0.3) is 5.69 Å². The molecule has 1 aliphatic heterocycles. The van der Waals surface area contributed by atoms with Crippen LogP contribution in [0, 0.1) is 10.1 Å². The van der Waals surface area contributed by atoms with E-state index in [1.165, 1.54) is 25.5 Å². The number of hydrogen-bond donors (Lipinski definition) is 4. The van der Waals surface area contributed by atoms with Gasteiger partial charge in [0, 0.05) is 17.8 Å². The van der Waals surface area contributed by atoms with Crippen molar-refractivity contribution in [1.29, 1.82) is 0 Å². The van der Waals surface area contributed by atoms with Gasteiger partial charge in [-0.2, -0.15) is 5.10 Å². The van der Waals surface area contributed by atoms with Crippen LogP contribution in [0.3, 0.4) is 0 Å². The second kappa shape index (κ2) is 15.7. The van der Waals surface area contributed by atoms with Gasteiger partial charge in [0.05, 0.1) is 40.9 Å². The molecule has 0 bridgehead atoms. The summed E-state index contributed by atoms with van der Waals surface area (Å²) in [4.78, 5) is 35.1. The number of ether oxygens (including phenoxy) is 4. The molecule has 1 heterocycles. The lowest BCUT2D eigenvalue weighted by molar-refractivity contribution is -0.384. The van der Waals surface area contributed by atoms with Crippen molar-refractivity contribution >= 4 is 39.8 Å². The Hall–Kier alpha value is -5.15. The van der Waals surface area contributed by atoms with E-state index in [1.807, 2.05) is 0 Å². The average molecular weight is 699 g/mol. The number of esters is 1. The Labute approximate surface area is 272 Å². The van der Waals surface area contributed by atoms with Crippen molar-refractivity contribution in [3.8, 4) is 17.2 Å². The number of benzene rings is 3. The number of amides is 2. The fraction of sp³-hybridized carbons (Fsp3) is 0.258. The molecule has 242 valence electrons. The van der Waals surface area contributed by atoms with Crippen LogP contribution < -0.4 is 30.3 Å². The van der Waals surface area contributed by atoms with Crippen molar-refractivity contribution in [2.75, 3.05) is 20.3 Å². The first-order valence-electron chi connectivity index (χ1n) is 14.0. The molecule has 0 radical (unpaired) electrons. The largest absolute Gasteiger partial charge is 0.490 e. The summed E-state index contributed by atoms with van der Waals surface area (Å²) in [6.45, 7) is 3.70. The third-order valence-electron chi connectivity index (χ3n) is 6.58. The van der Waals surface area contributed by atoms with Crippen LogP contribution in [0.25, 0.3) is 0 Å². The SMILES string of the molecule is CCOc1cc([C@H]2NC(=O)NC(C)=C2C(=O)OC)ccc1OC[C@H](O)N/N=C\c1ccc(OCc2cccc([N+](=O)[O-])c2)c(Br)c1. The van der Waals surface area contributed by atoms with Gasteiger partial charge in [-0.3, -0.25) is 15.5 Å².